The number of nitrogens with two attached hydrogens (primary N) is 1. The van der Waals surface area contributed by atoms with Crippen molar-refractivity contribution < 1.29 is 9.26 Å². The van der Waals surface area contributed by atoms with Gasteiger partial charge in [-0.2, -0.15) is 0 Å². The molecule has 5 heteroatoms. The summed E-state index contributed by atoms with van der Waals surface area (Å²) in [7, 11) is 1.71. The lowest BCUT2D eigenvalue weighted by atomic mass is 10.3. The van der Waals surface area contributed by atoms with Gasteiger partial charge < -0.3 is 15.0 Å². The molecule has 1 aromatic rings. The van der Waals surface area contributed by atoms with Crippen LogP contribution in [0, 0.1) is 0 Å². The zero-order chi connectivity index (χ0) is 12.0. The van der Waals surface area contributed by atoms with Crippen molar-refractivity contribution in [3.8, 4) is 0 Å². The topological polar surface area (TPSA) is 64.5 Å². The van der Waals surface area contributed by atoms with Gasteiger partial charge in [0, 0.05) is 32.3 Å². The Morgan fingerprint density at radius 3 is 2.81 bits per heavy atom. The first-order valence-electron chi connectivity index (χ1n) is 5.55. The van der Waals surface area contributed by atoms with E-state index in [9.17, 15) is 0 Å². The second-order valence-electron chi connectivity index (χ2n) is 4.05. The summed E-state index contributed by atoms with van der Waals surface area (Å²) in [5, 5.41) is 3.87. The average molecular weight is 227 g/mol. The van der Waals surface area contributed by atoms with Crippen LogP contribution in [0.3, 0.4) is 0 Å². The van der Waals surface area contributed by atoms with Crippen LogP contribution in [-0.2, 0) is 17.8 Å². The molecule has 0 aliphatic heterocycles. The number of methoxy groups -OCH3 is 1. The van der Waals surface area contributed by atoms with Crippen molar-refractivity contribution >= 4 is 0 Å². The quantitative estimate of drug-likeness (QED) is 0.752. The van der Waals surface area contributed by atoms with Crippen molar-refractivity contribution in [3.63, 3.8) is 0 Å². The van der Waals surface area contributed by atoms with E-state index in [1.54, 1.807) is 7.11 Å². The standard InChI is InChI=1S/C11H21N3O2/c1-9(2)14(4-5-15-3)8-11-6-10(7-12)13-16-11/h6,9H,4-5,7-8,12H2,1-3H3. The third-order valence-electron chi connectivity index (χ3n) is 2.49. The minimum atomic E-state index is 0.420. The third kappa shape index (κ3) is 3.92. The van der Waals surface area contributed by atoms with Gasteiger partial charge in [-0.1, -0.05) is 5.16 Å². The molecule has 1 aromatic heterocycles. The molecule has 0 aromatic carbocycles. The molecule has 0 saturated heterocycles. The van der Waals surface area contributed by atoms with Crippen LogP contribution >= 0.6 is 0 Å². The Morgan fingerprint density at radius 2 is 2.31 bits per heavy atom. The minimum Gasteiger partial charge on any atom is -0.383 e. The summed E-state index contributed by atoms with van der Waals surface area (Å²) in [6.07, 6.45) is 0. The Morgan fingerprint density at radius 1 is 1.56 bits per heavy atom. The predicted octanol–water partition coefficient (Wildman–Crippen LogP) is 0.990. The van der Waals surface area contributed by atoms with Gasteiger partial charge in [0.25, 0.3) is 0 Å². The summed E-state index contributed by atoms with van der Waals surface area (Å²) >= 11 is 0. The lowest BCUT2D eigenvalue weighted by molar-refractivity contribution is 0.117. The molecule has 0 fully saturated rings. The average Bonchev–Trinajstić information content (AvgIpc) is 2.71. The summed E-state index contributed by atoms with van der Waals surface area (Å²) in [6, 6.07) is 2.35. The molecule has 16 heavy (non-hydrogen) atoms. The van der Waals surface area contributed by atoms with E-state index in [-0.39, 0.29) is 0 Å². The van der Waals surface area contributed by atoms with E-state index < -0.39 is 0 Å². The molecule has 0 aliphatic rings. The Kier molecular flexibility index (Phi) is 5.45. The Balaban J connectivity index is 2.53. The number of ether oxygens (including phenoxy) is 1. The third-order valence-corrected chi connectivity index (χ3v) is 2.49. The largest absolute Gasteiger partial charge is 0.383 e. The maximum absolute atomic E-state index is 5.48. The normalized spacial score (nSPS) is 11.6. The lowest BCUT2D eigenvalue weighted by Crippen LogP contribution is -2.33. The van der Waals surface area contributed by atoms with Gasteiger partial charge in [0.15, 0.2) is 5.76 Å². The molecule has 0 atom stereocenters. The number of hydrogen-bond acceptors (Lipinski definition) is 5. The second-order valence-corrected chi connectivity index (χ2v) is 4.05. The van der Waals surface area contributed by atoms with Crippen molar-refractivity contribution in [2.75, 3.05) is 20.3 Å². The summed E-state index contributed by atoms with van der Waals surface area (Å²) in [4.78, 5) is 2.27. The zero-order valence-electron chi connectivity index (χ0n) is 10.3. The number of nitrogens with zero attached hydrogens (tertiary/aromatic N) is 2. The van der Waals surface area contributed by atoms with Gasteiger partial charge >= 0.3 is 0 Å². The van der Waals surface area contributed by atoms with Crippen LogP contribution in [-0.4, -0.2) is 36.4 Å². The van der Waals surface area contributed by atoms with E-state index >= 15 is 0 Å². The van der Waals surface area contributed by atoms with Gasteiger partial charge in [-0.3, -0.25) is 4.90 Å². The molecule has 92 valence electrons. The minimum absolute atomic E-state index is 0.420. The van der Waals surface area contributed by atoms with E-state index in [4.69, 9.17) is 15.0 Å². The molecule has 1 rings (SSSR count). The van der Waals surface area contributed by atoms with Gasteiger partial charge in [0.2, 0.25) is 0 Å². The maximum Gasteiger partial charge on any atom is 0.151 e. The molecule has 0 amide bonds. The van der Waals surface area contributed by atoms with Gasteiger partial charge in [-0.15, -0.1) is 0 Å². The number of hydrogen-bond donors (Lipinski definition) is 1. The van der Waals surface area contributed by atoms with E-state index in [1.165, 1.54) is 0 Å². The van der Waals surface area contributed by atoms with Crippen LogP contribution < -0.4 is 5.73 Å². The highest BCUT2D eigenvalue weighted by Gasteiger charge is 2.12. The second kappa shape index (κ2) is 6.62. The first-order chi connectivity index (χ1) is 7.67. The fourth-order valence-electron chi connectivity index (χ4n) is 1.46. The van der Waals surface area contributed by atoms with Crippen LogP contribution in [0.2, 0.25) is 0 Å². The molecule has 0 aliphatic carbocycles. The Hall–Kier alpha value is -0.910. The van der Waals surface area contributed by atoms with Gasteiger partial charge in [-0.25, -0.2) is 0 Å². The molecule has 0 radical (unpaired) electrons. The van der Waals surface area contributed by atoms with Crippen LogP contribution in [0.4, 0.5) is 0 Å². The SMILES string of the molecule is COCCN(Cc1cc(CN)no1)C(C)C. The molecule has 2 N–H and O–H groups in total. The van der Waals surface area contributed by atoms with E-state index in [1.807, 2.05) is 6.07 Å². The van der Waals surface area contributed by atoms with Crippen LogP contribution in [0.15, 0.2) is 10.6 Å². The fourth-order valence-corrected chi connectivity index (χ4v) is 1.46. The van der Waals surface area contributed by atoms with Crippen molar-refractivity contribution in [2.45, 2.75) is 33.0 Å². The van der Waals surface area contributed by atoms with Crippen molar-refractivity contribution in [3.05, 3.63) is 17.5 Å². The molecule has 5 nitrogen and oxygen atoms in total. The van der Waals surface area contributed by atoms with E-state index in [0.717, 1.165) is 31.2 Å². The molecule has 0 bridgehead atoms. The summed E-state index contributed by atoms with van der Waals surface area (Å²) in [6.45, 7) is 7.06. The molecular weight excluding hydrogens is 206 g/mol. The van der Waals surface area contributed by atoms with Gasteiger partial charge in [0.05, 0.1) is 18.8 Å². The van der Waals surface area contributed by atoms with Crippen LogP contribution in [0.1, 0.15) is 25.3 Å². The molecule has 1 heterocycles. The number of rotatable bonds is 7. The Bertz CT molecular complexity index is 299. The maximum atomic E-state index is 5.48. The smallest absolute Gasteiger partial charge is 0.151 e. The summed E-state index contributed by atoms with van der Waals surface area (Å²) in [5.41, 5.74) is 6.27. The first-order valence-corrected chi connectivity index (χ1v) is 5.55. The predicted molar refractivity (Wildman–Crippen MR) is 61.8 cm³/mol. The van der Waals surface area contributed by atoms with Crippen LogP contribution in [0.25, 0.3) is 0 Å². The summed E-state index contributed by atoms with van der Waals surface area (Å²) < 4.78 is 10.3. The van der Waals surface area contributed by atoms with Gasteiger partial charge in [-0.05, 0) is 13.8 Å². The highest BCUT2D eigenvalue weighted by Crippen LogP contribution is 2.09. The molecule has 0 unspecified atom stereocenters. The monoisotopic (exact) mass is 227 g/mol. The summed E-state index contributed by atoms with van der Waals surface area (Å²) in [5.74, 6) is 0.852. The molecule has 0 saturated carbocycles. The van der Waals surface area contributed by atoms with Crippen molar-refractivity contribution in [2.24, 2.45) is 5.73 Å². The van der Waals surface area contributed by atoms with Crippen LogP contribution in [0.5, 0.6) is 0 Å². The van der Waals surface area contributed by atoms with E-state index in [0.29, 0.717) is 12.6 Å². The molecule has 0 spiro atoms. The first kappa shape index (κ1) is 13.2. The highest BCUT2D eigenvalue weighted by molar-refractivity contribution is 5.04. The van der Waals surface area contributed by atoms with Crippen molar-refractivity contribution in [1.29, 1.82) is 0 Å². The zero-order valence-corrected chi connectivity index (χ0v) is 10.3. The lowest BCUT2D eigenvalue weighted by Gasteiger charge is -2.24. The van der Waals surface area contributed by atoms with Crippen molar-refractivity contribution in [1.82, 2.24) is 10.1 Å². The van der Waals surface area contributed by atoms with Gasteiger partial charge in [0.1, 0.15) is 0 Å². The Labute approximate surface area is 96.5 Å². The molecular formula is C11H21N3O2. The fraction of sp³-hybridized carbons (Fsp3) is 0.727. The highest BCUT2D eigenvalue weighted by atomic mass is 16.5. The van der Waals surface area contributed by atoms with E-state index in [2.05, 4.69) is 23.9 Å². The number of aromatic nitrogens is 1.